The van der Waals surface area contributed by atoms with Crippen LogP contribution >= 0.6 is 0 Å². The molecule has 100 valence electrons. The maximum absolute atomic E-state index is 11.7. The number of aromatic amines is 1. The summed E-state index contributed by atoms with van der Waals surface area (Å²) in [4.78, 5) is 21.0. The van der Waals surface area contributed by atoms with Gasteiger partial charge < -0.3 is 9.88 Å². The first kappa shape index (κ1) is 13.1. The van der Waals surface area contributed by atoms with Crippen LogP contribution in [0.15, 0.2) is 10.9 Å². The largest absolute Gasteiger partial charge is 0.354 e. The molecule has 2 rings (SSSR count). The van der Waals surface area contributed by atoms with Gasteiger partial charge in [0.1, 0.15) is 5.82 Å². The van der Waals surface area contributed by atoms with Gasteiger partial charge in [-0.3, -0.25) is 0 Å². The van der Waals surface area contributed by atoms with Gasteiger partial charge in [-0.2, -0.15) is 4.98 Å². The molecule has 1 aromatic rings. The number of piperidine rings is 1. The van der Waals surface area contributed by atoms with Crippen LogP contribution in [0, 0.1) is 0 Å². The highest BCUT2D eigenvalue weighted by Gasteiger charge is 2.22. The Kier molecular flexibility index (Phi) is 3.46. The van der Waals surface area contributed by atoms with Crippen LogP contribution < -0.4 is 10.6 Å². The zero-order valence-electron chi connectivity index (χ0n) is 11.8. The van der Waals surface area contributed by atoms with Gasteiger partial charge in [-0.1, -0.05) is 20.8 Å². The fourth-order valence-electron chi connectivity index (χ4n) is 2.43. The molecule has 1 aliphatic rings. The van der Waals surface area contributed by atoms with E-state index in [9.17, 15) is 4.79 Å². The normalized spacial score (nSPS) is 21.1. The lowest BCUT2D eigenvalue weighted by atomic mass is 9.92. The van der Waals surface area contributed by atoms with Crippen LogP contribution in [0.5, 0.6) is 0 Å². The average molecular weight is 249 g/mol. The van der Waals surface area contributed by atoms with E-state index in [0.717, 1.165) is 18.1 Å². The van der Waals surface area contributed by atoms with E-state index >= 15 is 0 Å². The maximum atomic E-state index is 11.7. The average Bonchev–Trinajstić information content (AvgIpc) is 2.27. The van der Waals surface area contributed by atoms with Gasteiger partial charge >= 0.3 is 5.69 Å². The highest BCUT2D eigenvalue weighted by Crippen LogP contribution is 2.25. The molecule has 0 amide bonds. The molecule has 1 aromatic heterocycles. The van der Waals surface area contributed by atoms with Crippen molar-refractivity contribution in [3.8, 4) is 0 Å². The van der Waals surface area contributed by atoms with Crippen LogP contribution in [0.25, 0.3) is 0 Å². The monoisotopic (exact) mass is 249 g/mol. The number of hydrogen-bond donors (Lipinski definition) is 1. The SMILES string of the molecule is CC1CCCCN1c1cc(C(C)(C)C)[nH]c(=O)n1. The number of hydrogen-bond acceptors (Lipinski definition) is 3. The predicted molar refractivity (Wildman–Crippen MR) is 74.2 cm³/mol. The van der Waals surface area contributed by atoms with E-state index in [1.807, 2.05) is 6.07 Å². The minimum atomic E-state index is -0.241. The first-order valence-electron chi connectivity index (χ1n) is 6.76. The molecule has 0 bridgehead atoms. The number of nitrogens with one attached hydrogen (secondary N) is 1. The molecule has 1 fully saturated rings. The summed E-state index contributed by atoms with van der Waals surface area (Å²) in [7, 11) is 0. The van der Waals surface area contributed by atoms with Crippen molar-refractivity contribution in [2.24, 2.45) is 0 Å². The second kappa shape index (κ2) is 4.75. The maximum Gasteiger partial charge on any atom is 0.347 e. The van der Waals surface area contributed by atoms with Crippen molar-refractivity contribution in [1.29, 1.82) is 0 Å². The molecule has 4 heteroatoms. The van der Waals surface area contributed by atoms with Gasteiger partial charge in [0, 0.05) is 29.8 Å². The Morgan fingerprint density at radius 3 is 2.72 bits per heavy atom. The Morgan fingerprint density at radius 2 is 2.11 bits per heavy atom. The zero-order chi connectivity index (χ0) is 13.3. The lowest BCUT2D eigenvalue weighted by Gasteiger charge is -2.34. The van der Waals surface area contributed by atoms with E-state index in [4.69, 9.17) is 0 Å². The van der Waals surface area contributed by atoms with Crippen molar-refractivity contribution in [1.82, 2.24) is 9.97 Å². The Hall–Kier alpha value is -1.32. The summed E-state index contributed by atoms with van der Waals surface area (Å²) in [6, 6.07) is 2.50. The molecule has 4 nitrogen and oxygen atoms in total. The molecular formula is C14H23N3O. The van der Waals surface area contributed by atoms with Gasteiger partial charge in [0.05, 0.1) is 0 Å². The van der Waals surface area contributed by atoms with Crippen molar-refractivity contribution >= 4 is 5.82 Å². The van der Waals surface area contributed by atoms with E-state index in [0.29, 0.717) is 6.04 Å². The molecule has 0 aromatic carbocycles. The summed E-state index contributed by atoms with van der Waals surface area (Å²) in [5, 5.41) is 0. The van der Waals surface area contributed by atoms with Crippen molar-refractivity contribution in [2.75, 3.05) is 11.4 Å². The lowest BCUT2D eigenvalue weighted by molar-refractivity contribution is 0.478. The van der Waals surface area contributed by atoms with Gasteiger partial charge in [0.15, 0.2) is 0 Å². The highest BCUT2D eigenvalue weighted by molar-refractivity contribution is 5.41. The molecule has 0 saturated carbocycles. The Bertz CT molecular complexity index is 473. The van der Waals surface area contributed by atoms with Crippen molar-refractivity contribution in [3.05, 3.63) is 22.2 Å². The van der Waals surface area contributed by atoms with E-state index < -0.39 is 0 Å². The second-order valence-corrected chi connectivity index (χ2v) is 6.25. The molecule has 1 unspecified atom stereocenters. The molecule has 1 N–H and O–H groups in total. The Morgan fingerprint density at radius 1 is 1.39 bits per heavy atom. The minimum absolute atomic E-state index is 0.0596. The van der Waals surface area contributed by atoms with Crippen LogP contribution in [0.4, 0.5) is 5.82 Å². The number of anilines is 1. The number of nitrogens with zero attached hydrogens (tertiary/aromatic N) is 2. The molecule has 18 heavy (non-hydrogen) atoms. The summed E-state index contributed by atoms with van der Waals surface area (Å²) >= 11 is 0. The fourth-order valence-corrected chi connectivity index (χ4v) is 2.43. The first-order valence-corrected chi connectivity index (χ1v) is 6.76. The molecule has 0 aliphatic carbocycles. The van der Waals surface area contributed by atoms with Crippen LogP contribution in [0.1, 0.15) is 52.7 Å². The third-order valence-electron chi connectivity index (χ3n) is 3.64. The first-order chi connectivity index (χ1) is 8.38. The Labute approximate surface area is 108 Å². The van der Waals surface area contributed by atoms with E-state index in [1.54, 1.807) is 0 Å². The summed E-state index contributed by atoms with van der Waals surface area (Å²) in [5.74, 6) is 0.830. The third kappa shape index (κ3) is 2.74. The van der Waals surface area contributed by atoms with Gasteiger partial charge in [0.25, 0.3) is 0 Å². The zero-order valence-corrected chi connectivity index (χ0v) is 11.8. The Balaban J connectivity index is 2.39. The number of H-pyrrole nitrogens is 1. The third-order valence-corrected chi connectivity index (χ3v) is 3.64. The topological polar surface area (TPSA) is 49.0 Å². The van der Waals surface area contributed by atoms with Crippen LogP contribution in [-0.2, 0) is 5.41 Å². The second-order valence-electron chi connectivity index (χ2n) is 6.25. The molecule has 1 saturated heterocycles. The van der Waals surface area contributed by atoms with E-state index in [1.165, 1.54) is 19.3 Å². The molecule has 1 atom stereocenters. The number of aromatic nitrogens is 2. The van der Waals surface area contributed by atoms with Crippen molar-refractivity contribution in [3.63, 3.8) is 0 Å². The summed E-state index contributed by atoms with van der Waals surface area (Å²) in [5.41, 5.74) is 0.654. The quantitative estimate of drug-likeness (QED) is 0.831. The minimum Gasteiger partial charge on any atom is -0.354 e. The molecule has 2 heterocycles. The fraction of sp³-hybridized carbons (Fsp3) is 0.714. The van der Waals surface area contributed by atoms with Gasteiger partial charge in [-0.25, -0.2) is 4.79 Å². The van der Waals surface area contributed by atoms with Gasteiger partial charge in [-0.05, 0) is 26.2 Å². The van der Waals surface area contributed by atoms with E-state index in [-0.39, 0.29) is 11.1 Å². The summed E-state index contributed by atoms with van der Waals surface area (Å²) < 4.78 is 0. The van der Waals surface area contributed by atoms with Gasteiger partial charge in [0.2, 0.25) is 0 Å². The van der Waals surface area contributed by atoms with E-state index in [2.05, 4.69) is 42.6 Å². The van der Waals surface area contributed by atoms with Gasteiger partial charge in [-0.15, -0.1) is 0 Å². The lowest BCUT2D eigenvalue weighted by Crippen LogP contribution is -2.39. The summed E-state index contributed by atoms with van der Waals surface area (Å²) in [6.45, 7) is 9.51. The molecule has 1 aliphatic heterocycles. The van der Waals surface area contributed by atoms with Crippen molar-refractivity contribution < 1.29 is 0 Å². The predicted octanol–water partition coefficient (Wildman–Crippen LogP) is 2.45. The molecular weight excluding hydrogens is 226 g/mol. The molecule has 0 radical (unpaired) electrons. The van der Waals surface area contributed by atoms with Crippen molar-refractivity contribution in [2.45, 2.75) is 58.4 Å². The highest BCUT2D eigenvalue weighted by atomic mass is 16.1. The van der Waals surface area contributed by atoms with Crippen LogP contribution in [0.3, 0.4) is 0 Å². The van der Waals surface area contributed by atoms with Crippen LogP contribution in [0.2, 0.25) is 0 Å². The standard InChI is InChI=1S/C14H23N3O/c1-10-7-5-6-8-17(10)12-9-11(14(2,3)4)15-13(18)16-12/h9-10H,5-8H2,1-4H3,(H,15,16,18). The molecule has 0 spiro atoms. The smallest absolute Gasteiger partial charge is 0.347 e. The number of rotatable bonds is 1. The summed E-state index contributed by atoms with van der Waals surface area (Å²) in [6.07, 6.45) is 3.63. The van der Waals surface area contributed by atoms with Crippen LogP contribution in [-0.4, -0.2) is 22.6 Å².